The lowest BCUT2D eigenvalue weighted by molar-refractivity contribution is 0.479. The van der Waals surface area contributed by atoms with Gasteiger partial charge in [0.2, 0.25) is 0 Å². The molecule has 0 aliphatic heterocycles. The number of aromatic nitrogens is 3. The van der Waals surface area contributed by atoms with Crippen LogP contribution in [0.1, 0.15) is 0 Å². The van der Waals surface area contributed by atoms with Crippen molar-refractivity contribution in [3.05, 3.63) is 35.6 Å². The summed E-state index contributed by atoms with van der Waals surface area (Å²) in [5.74, 6) is 0.367. The maximum Gasteiger partial charge on any atom is 0.307 e. The predicted molar refractivity (Wildman–Crippen MR) is 61.8 cm³/mol. The van der Waals surface area contributed by atoms with E-state index in [1.807, 2.05) is 0 Å². The molecule has 2 heterocycles. The average molecular weight is 274 g/mol. The molecule has 0 aliphatic rings. The molecule has 2 aromatic rings. The topological polar surface area (TPSA) is 74.1 Å². The van der Waals surface area contributed by atoms with Gasteiger partial charge in [-0.05, 0) is 12.1 Å². The molecule has 0 aliphatic carbocycles. The van der Waals surface area contributed by atoms with Gasteiger partial charge in [-0.15, -0.1) is 5.10 Å². The molecule has 0 aromatic carbocycles. The summed E-state index contributed by atoms with van der Waals surface area (Å²) < 4.78 is 27.7. The van der Waals surface area contributed by atoms with Crippen LogP contribution in [0.2, 0.25) is 5.02 Å². The highest BCUT2D eigenvalue weighted by Crippen LogP contribution is 2.18. The molecule has 0 atom stereocenters. The van der Waals surface area contributed by atoms with Crippen molar-refractivity contribution in [2.45, 2.75) is 0 Å². The van der Waals surface area contributed by atoms with Crippen LogP contribution in [0.25, 0.3) is 5.82 Å². The first-order valence-corrected chi connectivity index (χ1v) is 6.71. The lowest BCUT2D eigenvalue weighted by Gasteiger charge is -2.01. The van der Waals surface area contributed by atoms with E-state index in [-0.39, 0.29) is 5.88 Å². The van der Waals surface area contributed by atoms with Crippen LogP contribution in [0.5, 0.6) is 5.88 Å². The maximum atomic E-state index is 10.9. The fraction of sp³-hybridized carbons (Fsp3) is 0.111. The van der Waals surface area contributed by atoms with Crippen LogP contribution in [0.3, 0.4) is 0 Å². The van der Waals surface area contributed by atoms with Crippen molar-refractivity contribution in [3.8, 4) is 11.7 Å². The van der Waals surface area contributed by atoms with E-state index in [2.05, 4.69) is 14.3 Å². The minimum Gasteiger partial charge on any atom is -0.360 e. The Morgan fingerprint density at radius 2 is 2.18 bits per heavy atom. The smallest absolute Gasteiger partial charge is 0.307 e. The molecule has 8 heteroatoms. The Kier molecular flexibility index (Phi) is 3.03. The molecule has 0 radical (unpaired) electrons. The van der Waals surface area contributed by atoms with Crippen LogP contribution in [-0.2, 0) is 10.1 Å². The number of nitrogens with zero attached hydrogens (tertiary/aromatic N) is 3. The van der Waals surface area contributed by atoms with E-state index in [4.69, 9.17) is 11.6 Å². The van der Waals surface area contributed by atoms with Gasteiger partial charge in [0.15, 0.2) is 5.82 Å². The van der Waals surface area contributed by atoms with Gasteiger partial charge < -0.3 is 4.18 Å². The fourth-order valence-corrected chi connectivity index (χ4v) is 1.78. The zero-order valence-electron chi connectivity index (χ0n) is 8.74. The first-order valence-electron chi connectivity index (χ1n) is 4.52. The Balaban J connectivity index is 2.34. The van der Waals surface area contributed by atoms with E-state index in [1.54, 1.807) is 18.3 Å². The lowest BCUT2D eigenvalue weighted by atomic mass is 10.4. The van der Waals surface area contributed by atoms with Crippen molar-refractivity contribution in [2.75, 3.05) is 6.26 Å². The molecule has 0 fully saturated rings. The first-order chi connectivity index (χ1) is 7.96. The van der Waals surface area contributed by atoms with Gasteiger partial charge in [-0.1, -0.05) is 11.6 Å². The molecule has 6 nitrogen and oxygen atoms in total. The van der Waals surface area contributed by atoms with E-state index in [9.17, 15) is 8.42 Å². The zero-order chi connectivity index (χ0) is 12.5. The fourth-order valence-electron chi connectivity index (χ4n) is 1.17. The van der Waals surface area contributed by atoms with Gasteiger partial charge >= 0.3 is 10.1 Å². The van der Waals surface area contributed by atoms with Gasteiger partial charge in [0.1, 0.15) is 0 Å². The lowest BCUT2D eigenvalue weighted by Crippen LogP contribution is -2.07. The summed E-state index contributed by atoms with van der Waals surface area (Å²) in [6.07, 6.45) is 4.01. The van der Waals surface area contributed by atoms with Gasteiger partial charge in [0.05, 0.1) is 11.3 Å². The van der Waals surface area contributed by atoms with E-state index in [0.717, 1.165) is 6.26 Å². The molecule has 0 N–H and O–H groups in total. The molecule has 0 bridgehead atoms. The van der Waals surface area contributed by atoms with Crippen LogP contribution >= 0.6 is 11.6 Å². The van der Waals surface area contributed by atoms with Crippen molar-refractivity contribution in [1.82, 2.24) is 14.8 Å². The summed E-state index contributed by atoms with van der Waals surface area (Å²) in [6, 6.07) is 4.75. The number of halogens is 1. The quantitative estimate of drug-likeness (QED) is 0.787. The van der Waals surface area contributed by atoms with Gasteiger partial charge in [0, 0.05) is 18.5 Å². The minimum atomic E-state index is -3.59. The summed E-state index contributed by atoms with van der Waals surface area (Å²) >= 11 is 5.92. The Hall–Kier alpha value is -1.60. The molecule has 17 heavy (non-hydrogen) atoms. The molecule has 0 spiro atoms. The van der Waals surface area contributed by atoms with Crippen molar-refractivity contribution in [3.63, 3.8) is 0 Å². The van der Waals surface area contributed by atoms with E-state index >= 15 is 0 Å². The van der Waals surface area contributed by atoms with Crippen molar-refractivity contribution in [2.24, 2.45) is 0 Å². The Morgan fingerprint density at radius 3 is 2.82 bits per heavy atom. The highest BCUT2D eigenvalue weighted by atomic mass is 35.5. The Morgan fingerprint density at radius 1 is 1.41 bits per heavy atom. The molecular formula is C9H8ClN3O3S. The summed E-state index contributed by atoms with van der Waals surface area (Å²) in [5, 5.41) is 4.30. The SMILES string of the molecule is CS(=O)(=O)Oc1ccn(-c2ncccc2Cl)n1. The molecule has 0 saturated carbocycles. The van der Waals surface area contributed by atoms with E-state index in [1.165, 1.54) is 16.9 Å². The number of hydrogen-bond donors (Lipinski definition) is 0. The second-order valence-corrected chi connectivity index (χ2v) is 5.18. The van der Waals surface area contributed by atoms with Crippen LogP contribution in [-0.4, -0.2) is 29.4 Å². The van der Waals surface area contributed by atoms with Crippen LogP contribution in [0.15, 0.2) is 30.6 Å². The van der Waals surface area contributed by atoms with Crippen molar-refractivity contribution >= 4 is 21.7 Å². The van der Waals surface area contributed by atoms with Crippen molar-refractivity contribution in [1.29, 1.82) is 0 Å². The zero-order valence-corrected chi connectivity index (χ0v) is 10.3. The highest BCUT2D eigenvalue weighted by Gasteiger charge is 2.10. The molecular weight excluding hydrogens is 266 g/mol. The Labute approximate surface area is 103 Å². The van der Waals surface area contributed by atoms with Gasteiger partial charge in [-0.3, -0.25) is 0 Å². The van der Waals surface area contributed by atoms with Gasteiger partial charge in [-0.25, -0.2) is 9.67 Å². The number of pyridine rings is 1. The van der Waals surface area contributed by atoms with Crippen LogP contribution in [0, 0.1) is 0 Å². The maximum absolute atomic E-state index is 10.9. The predicted octanol–water partition coefficient (Wildman–Crippen LogP) is 1.26. The summed E-state index contributed by atoms with van der Waals surface area (Å²) in [7, 11) is -3.59. The second-order valence-electron chi connectivity index (χ2n) is 3.19. The third kappa shape index (κ3) is 2.95. The standard InChI is InChI=1S/C9H8ClN3O3S/c1-17(14,15)16-8-4-6-13(12-8)9-7(10)3-2-5-11-9/h2-6H,1H3. The van der Waals surface area contributed by atoms with Crippen molar-refractivity contribution < 1.29 is 12.6 Å². The normalized spacial score (nSPS) is 11.4. The molecule has 0 amide bonds. The minimum absolute atomic E-state index is 0.0331. The third-order valence-electron chi connectivity index (χ3n) is 1.76. The molecule has 0 saturated heterocycles. The largest absolute Gasteiger partial charge is 0.360 e. The van der Waals surface area contributed by atoms with Gasteiger partial charge in [0.25, 0.3) is 5.88 Å². The van der Waals surface area contributed by atoms with E-state index < -0.39 is 10.1 Å². The molecule has 0 unspecified atom stereocenters. The summed E-state index contributed by atoms with van der Waals surface area (Å²) in [5.41, 5.74) is 0. The molecule has 2 rings (SSSR count). The first kappa shape index (κ1) is 11.9. The van der Waals surface area contributed by atoms with Gasteiger partial charge in [-0.2, -0.15) is 8.42 Å². The number of hydrogen-bond acceptors (Lipinski definition) is 5. The Bertz CT molecular complexity index is 638. The monoisotopic (exact) mass is 273 g/mol. The van der Waals surface area contributed by atoms with E-state index in [0.29, 0.717) is 10.8 Å². The van der Waals surface area contributed by atoms with Crippen LogP contribution in [0.4, 0.5) is 0 Å². The average Bonchev–Trinajstić information content (AvgIpc) is 2.64. The second kappa shape index (κ2) is 4.34. The third-order valence-corrected chi connectivity index (χ3v) is 2.53. The number of rotatable bonds is 3. The van der Waals surface area contributed by atoms with Crippen LogP contribution < -0.4 is 4.18 Å². The molecule has 90 valence electrons. The highest BCUT2D eigenvalue weighted by molar-refractivity contribution is 7.86. The summed E-state index contributed by atoms with van der Waals surface area (Å²) in [4.78, 5) is 4.02. The summed E-state index contributed by atoms with van der Waals surface area (Å²) in [6.45, 7) is 0. The molecule has 2 aromatic heterocycles.